The van der Waals surface area contributed by atoms with Gasteiger partial charge in [-0.05, 0) is 21.0 Å². The Kier molecular flexibility index (Phi) is 3.81. The van der Waals surface area contributed by atoms with Crippen molar-refractivity contribution in [3.8, 4) is 0 Å². The highest BCUT2D eigenvalue weighted by Gasteiger charge is 2.43. The molecule has 0 aliphatic carbocycles. The molecule has 0 amide bonds. The van der Waals surface area contributed by atoms with Crippen molar-refractivity contribution in [3.05, 3.63) is 10.1 Å². The van der Waals surface area contributed by atoms with Crippen molar-refractivity contribution in [1.29, 1.82) is 0 Å². The second-order valence-electron chi connectivity index (χ2n) is 4.06. The summed E-state index contributed by atoms with van der Waals surface area (Å²) >= 11 is 0. The van der Waals surface area contributed by atoms with Gasteiger partial charge in [0.1, 0.15) is 6.10 Å². The maximum atomic E-state index is 10.6. The third-order valence-electron chi connectivity index (χ3n) is 2.47. The Bertz CT molecular complexity index is 192. The number of nitrogens with zero attached hydrogens (tertiary/aromatic N) is 2. The maximum Gasteiger partial charge on any atom is 0.243 e. The van der Waals surface area contributed by atoms with Crippen LogP contribution in [0.15, 0.2) is 0 Å². The summed E-state index contributed by atoms with van der Waals surface area (Å²) in [5.41, 5.74) is -1.30. The molecule has 78 valence electrons. The van der Waals surface area contributed by atoms with E-state index in [1.165, 1.54) is 13.8 Å². The van der Waals surface area contributed by atoms with Gasteiger partial charge in [-0.15, -0.1) is 0 Å². The van der Waals surface area contributed by atoms with E-state index in [0.717, 1.165) is 0 Å². The molecule has 5 heteroatoms. The summed E-state index contributed by atoms with van der Waals surface area (Å²) < 4.78 is 0. The Morgan fingerprint density at radius 2 is 1.85 bits per heavy atom. The van der Waals surface area contributed by atoms with E-state index in [9.17, 15) is 15.2 Å². The second kappa shape index (κ2) is 4.02. The van der Waals surface area contributed by atoms with E-state index >= 15 is 0 Å². The Hall–Kier alpha value is -0.680. The van der Waals surface area contributed by atoms with Gasteiger partial charge in [0.05, 0.1) is 0 Å². The number of likely N-dealkylation sites (N-methyl/N-ethyl adjacent to an activating group) is 1. The van der Waals surface area contributed by atoms with E-state index < -0.39 is 16.6 Å². The predicted octanol–water partition coefficient (Wildman–Crippen LogP) is 0.353. The van der Waals surface area contributed by atoms with Gasteiger partial charge in [0.15, 0.2) is 0 Å². The molecule has 1 N–H and O–H groups in total. The highest BCUT2D eigenvalue weighted by molar-refractivity contribution is 4.85. The average molecular weight is 190 g/mol. The van der Waals surface area contributed by atoms with E-state index in [4.69, 9.17) is 0 Å². The molecule has 0 spiro atoms. The molecule has 2 atom stereocenters. The summed E-state index contributed by atoms with van der Waals surface area (Å²) in [5, 5.41) is 20.3. The lowest BCUT2D eigenvalue weighted by Crippen LogP contribution is -2.53. The lowest BCUT2D eigenvalue weighted by Gasteiger charge is -2.31. The molecule has 0 fully saturated rings. The fourth-order valence-electron chi connectivity index (χ4n) is 0.981. The summed E-state index contributed by atoms with van der Waals surface area (Å²) in [6, 6.07) is -0.236. The van der Waals surface area contributed by atoms with E-state index in [-0.39, 0.29) is 6.04 Å². The fraction of sp³-hybridized carbons (Fsp3) is 1.00. The van der Waals surface area contributed by atoms with Gasteiger partial charge in [-0.3, -0.25) is 10.1 Å². The summed E-state index contributed by atoms with van der Waals surface area (Å²) in [5.74, 6) is 0. The number of rotatable bonds is 4. The van der Waals surface area contributed by atoms with Gasteiger partial charge in [-0.1, -0.05) is 0 Å². The fourth-order valence-corrected chi connectivity index (χ4v) is 0.981. The predicted molar refractivity (Wildman–Crippen MR) is 50.2 cm³/mol. The van der Waals surface area contributed by atoms with Gasteiger partial charge < -0.3 is 10.0 Å². The first kappa shape index (κ1) is 12.3. The third-order valence-corrected chi connectivity index (χ3v) is 2.47. The smallest absolute Gasteiger partial charge is 0.243 e. The number of nitro groups is 1. The molecule has 0 aliphatic heterocycles. The van der Waals surface area contributed by atoms with Crippen LogP contribution in [0.3, 0.4) is 0 Å². The van der Waals surface area contributed by atoms with Crippen molar-refractivity contribution in [3.63, 3.8) is 0 Å². The molecule has 0 aromatic heterocycles. The molecule has 0 saturated carbocycles. The lowest BCUT2D eigenvalue weighted by molar-refractivity contribution is -0.574. The largest absolute Gasteiger partial charge is 0.384 e. The van der Waals surface area contributed by atoms with Gasteiger partial charge in [0, 0.05) is 24.8 Å². The average Bonchev–Trinajstić information content (AvgIpc) is 2.01. The van der Waals surface area contributed by atoms with Crippen molar-refractivity contribution >= 4 is 0 Å². The van der Waals surface area contributed by atoms with Gasteiger partial charge in [-0.25, -0.2) is 0 Å². The van der Waals surface area contributed by atoms with Crippen LogP contribution >= 0.6 is 0 Å². The molecule has 0 heterocycles. The normalized spacial score (nSPS) is 17.2. The van der Waals surface area contributed by atoms with Gasteiger partial charge in [-0.2, -0.15) is 0 Å². The van der Waals surface area contributed by atoms with Crippen LogP contribution in [0.2, 0.25) is 0 Å². The highest BCUT2D eigenvalue weighted by atomic mass is 16.6. The van der Waals surface area contributed by atoms with E-state index in [1.807, 2.05) is 0 Å². The van der Waals surface area contributed by atoms with Crippen LogP contribution in [0.5, 0.6) is 0 Å². The van der Waals surface area contributed by atoms with Crippen molar-refractivity contribution < 1.29 is 10.0 Å². The first-order valence-corrected chi connectivity index (χ1v) is 4.20. The molecule has 0 aromatic rings. The van der Waals surface area contributed by atoms with Crippen LogP contribution in [0.1, 0.15) is 20.8 Å². The first-order chi connectivity index (χ1) is 5.71. The zero-order valence-corrected chi connectivity index (χ0v) is 8.81. The molecule has 0 radical (unpaired) electrons. The Balaban J connectivity index is 4.58. The van der Waals surface area contributed by atoms with Crippen molar-refractivity contribution in [2.24, 2.45) is 0 Å². The molecule has 2 unspecified atom stereocenters. The summed E-state index contributed by atoms with van der Waals surface area (Å²) in [6.45, 7) is 4.62. The van der Waals surface area contributed by atoms with Crippen LogP contribution in [0, 0.1) is 10.1 Å². The zero-order chi connectivity index (χ0) is 10.8. The van der Waals surface area contributed by atoms with Crippen LogP contribution in [0.25, 0.3) is 0 Å². The quantitative estimate of drug-likeness (QED) is 0.513. The maximum absolute atomic E-state index is 10.6. The van der Waals surface area contributed by atoms with Crippen LogP contribution in [-0.4, -0.2) is 46.7 Å². The number of hydrogen-bond donors (Lipinski definition) is 1. The van der Waals surface area contributed by atoms with E-state index in [2.05, 4.69) is 0 Å². The molecule has 0 aromatic carbocycles. The highest BCUT2D eigenvalue weighted by Crippen LogP contribution is 2.18. The molecule has 5 nitrogen and oxygen atoms in total. The first-order valence-electron chi connectivity index (χ1n) is 4.20. The Labute approximate surface area is 78.5 Å². The Morgan fingerprint density at radius 3 is 2.08 bits per heavy atom. The molecule has 0 saturated heterocycles. The van der Waals surface area contributed by atoms with Crippen LogP contribution in [0.4, 0.5) is 0 Å². The SMILES string of the molecule is CC(C(O)C(C)(C)[N+](=O)[O-])N(C)C. The van der Waals surface area contributed by atoms with Crippen LogP contribution < -0.4 is 0 Å². The number of hydrogen-bond acceptors (Lipinski definition) is 4. The molecule has 0 bridgehead atoms. The van der Waals surface area contributed by atoms with Crippen molar-refractivity contribution in [2.75, 3.05) is 14.1 Å². The van der Waals surface area contributed by atoms with Crippen molar-refractivity contribution in [2.45, 2.75) is 38.5 Å². The van der Waals surface area contributed by atoms with Gasteiger partial charge in [0.2, 0.25) is 5.54 Å². The minimum absolute atomic E-state index is 0.236. The molecule has 0 aliphatic rings. The van der Waals surface area contributed by atoms with E-state index in [0.29, 0.717) is 0 Å². The number of aliphatic hydroxyl groups excluding tert-OH is 1. The van der Waals surface area contributed by atoms with Crippen molar-refractivity contribution in [1.82, 2.24) is 4.90 Å². The molecule has 13 heavy (non-hydrogen) atoms. The van der Waals surface area contributed by atoms with Crippen LogP contribution in [-0.2, 0) is 0 Å². The third kappa shape index (κ3) is 2.63. The summed E-state index contributed by atoms with van der Waals surface area (Å²) in [6.07, 6.45) is -0.975. The van der Waals surface area contributed by atoms with Gasteiger partial charge >= 0.3 is 0 Å². The summed E-state index contributed by atoms with van der Waals surface area (Å²) in [7, 11) is 3.56. The minimum Gasteiger partial charge on any atom is -0.384 e. The zero-order valence-electron chi connectivity index (χ0n) is 8.81. The lowest BCUT2D eigenvalue weighted by atomic mass is 9.92. The Morgan fingerprint density at radius 1 is 1.46 bits per heavy atom. The number of aliphatic hydroxyl groups is 1. The van der Waals surface area contributed by atoms with Gasteiger partial charge in [0.25, 0.3) is 0 Å². The minimum atomic E-state index is -1.30. The second-order valence-corrected chi connectivity index (χ2v) is 4.06. The molecular weight excluding hydrogens is 172 g/mol. The molecule has 0 rings (SSSR count). The monoisotopic (exact) mass is 190 g/mol. The topological polar surface area (TPSA) is 66.6 Å². The molecular formula is C8H18N2O3. The summed E-state index contributed by atoms with van der Waals surface area (Å²) in [4.78, 5) is 11.9. The standard InChI is InChI=1S/C8H18N2O3/c1-6(9(4)5)7(11)8(2,3)10(12)13/h6-7,11H,1-5H3. The van der Waals surface area contributed by atoms with E-state index in [1.54, 1.807) is 25.9 Å².